The molecule has 0 aliphatic carbocycles. The molecule has 10 aromatic heterocycles. The van der Waals surface area contributed by atoms with Gasteiger partial charge in [-0.2, -0.15) is 10.4 Å². The second kappa shape index (κ2) is 34.7. The highest BCUT2D eigenvalue weighted by Crippen LogP contribution is 2.38. The summed E-state index contributed by atoms with van der Waals surface area (Å²) < 4.78 is 89.5. The SMILES string of the molecule is Cc1cc(-c2cnc(NCc3c(F)ccc4c3CCO4)n3cc(C)nc23)ccn1.Cc1cn2c(NCc3c(F)ccc4c3CCO4)ncc(-c3cc(C#N)ccc3C)c2n1.Cc1cn2c(NCc3c(F)ccc4c3CCO4)ncc(-c3ccc(C(=O)N(C)C)cc3)c2n1.Cc1cn2c(NCc3c(F)ccc4c3CCO4)ncc(-c3cnn(CC(C)O)c3)c2n1. The highest BCUT2D eigenvalue weighted by molar-refractivity contribution is 5.95. The Morgan fingerprint density at radius 3 is 1.21 bits per heavy atom. The molecule has 4 aliphatic heterocycles. The maximum atomic E-state index is 14.5. The van der Waals surface area contributed by atoms with Crippen molar-refractivity contribution < 1.29 is 46.4 Å². The zero-order chi connectivity index (χ0) is 86.1. The lowest BCUT2D eigenvalue weighted by Gasteiger charge is -2.14. The van der Waals surface area contributed by atoms with Crippen molar-refractivity contribution in [2.24, 2.45) is 0 Å². The molecular weight excluding hydrogens is 1580 g/mol. The number of nitrogens with zero attached hydrogens (tertiary/aromatic N) is 17. The van der Waals surface area contributed by atoms with Crippen molar-refractivity contribution in [1.82, 2.24) is 77.1 Å². The van der Waals surface area contributed by atoms with Gasteiger partial charge in [-0.25, -0.2) is 57.4 Å². The molecule has 0 spiro atoms. The number of halogens is 4. The summed E-state index contributed by atoms with van der Waals surface area (Å²) in [5, 5.41) is 36.3. The monoisotopic (exact) mass is 1670 g/mol. The number of hydrogen-bond donors (Lipinski definition) is 5. The van der Waals surface area contributed by atoms with E-state index in [0.29, 0.717) is 136 Å². The molecule has 4 aliphatic rings. The molecule has 0 saturated heterocycles. The van der Waals surface area contributed by atoms with Gasteiger partial charge in [0, 0.05) is 212 Å². The van der Waals surface area contributed by atoms with Crippen molar-refractivity contribution in [3.63, 3.8) is 0 Å². The van der Waals surface area contributed by atoms with Gasteiger partial charge in [0.25, 0.3) is 5.91 Å². The van der Waals surface area contributed by atoms with E-state index >= 15 is 0 Å². The topological polar surface area (TPSA) is 301 Å². The van der Waals surface area contributed by atoms with Gasteiger partial charge in [-0.3, -0.25) is 32.1 Å². The average Bonchev–Trinajstić information content (AvgIpc) is 0.941. The molecule has 1 atom stereocenters. The van der Waals surface area contributed by atoms with E-state index < -0.39 is 6.10 Å². The molecule has 0 radical (unpaired) electrons. The molecule has 20 rings (SSSR count). The molecule has 14 heterocycles. The molecule has 0 saturated carbocycles. The third kappa shape index (κ3) is 16.7. The van der Waals surface area contributed by atoms with Crippen LogP contribution in [-0.2, 0) is 58.4 Å². The van der Waals surface area contributed by atoms with Crippen LogP contribution in [0.4, 0.5) is 41.4 Å². The van der Waals surface area contributed by atoms with Crippen molar-refractivity contribution in [2.45, 2.75) is 113 Å². The van der Waals surface area contributed by atoms with Crippen LogP contribution in [0.2, 0.25) is 0 Å². The van der Waals surface area contributed by atoms with E-state index in [-0.39, 0.29) is 29.2 Å². The van der Waals surface area contributed by atoms with Crippen LogP contribution in [0.1, 0.15) is 101 Å². The summed E-state index contributed by atoms with van der Waals surface area (Å²) in [6.45, 7) is 17.3. The zero-order valence-electron chi connectivity index (χ0n) is 69.5. The fraction of sp³-hybridized carbons (Fsp3) is 0.247. The Morgan fingerprint density at radius 1 is 0.452 bits per heavy atom. The maximum Gasteiger partial charge on any atom is 0.253 e. The smallest absolute Gasteiger partial charge is 0.253 e. The fourth-order valence-corrected chi connectivity index (χ4v) is 16.0. The first kappa shape index (κ1) is 81.6. The first-order chi connectivity index (χ1) is 60.1. The first-order valence-electron chi connectivity index (χ1n) is 40.6. The standard InChI is InChI=1S/C25H24FN5O2.C24H20FN5O.C22H23FN6O2.C22H20FN5O/c1-15-14-31-23(29-15)19(16-4-6-17(7-5-16)24(32)30(2)3)12-27-25(31)28-13-20-18-10-11-33-22(18)9-8-21(20)26;1-14-3-4-16(10-26)9-18(14)20-12-28-24(30-13-15(2)29-23(20)30)27-11-19-17-7-8-31-22(17)6-5-21(19)25;1-13-10-29-21(27-13)17(15-7-26-28(12-15)11-14(2)30)8-24-22(29)25-9-18-16-5-6-31-20(16)4-3-19(18)23;1-13-9-15(5-7-24-13)17-10-25-22(28-12-14(2)27-21(17)28)26-11-18-16-6-8-29-20(16)4-3-19(18)23/h4-9,12,14H,10-11,13H2,1-3H3,(H,27,28);3-6,9,12-13H,7-8,11H2,1-2H3,(H,27,28);3-4,7-8,10,12,14,30H,5-6,9,11H2,1-2H3,(H,24,25);3-5,7,9-10,12H,6,8,11H2,1-2H3,(H,25,26). The minimum absolute atomic E-state index is 0.0499. The predicted molar refractivity (Wildman–Crippen MR) is 462 cm³/mol. The van der Waals surface area contributed by atoms with Crippen molar-refractivity contribution in [1.29, 1.82) is 5.26 Å². The zero-order valence-corrected chi connectivity index (χ0v) is 69.5. The van der Waals surface area contributed by atoms with Crippen LogP contribution < -0.4 is 40.2 Å². The Kier molecular flexibility index (Phi) is 22.8. The van der Waals surface area contributed by atoms with E-state index in [4.69, 9.17) is 18.9 Å². The average molecular weight is 1670 g/mol. The highest BCUT2D eigenvalue weighted by atomic mass is 19.1. The second-order valence-corrected chi connectivity index (χ2v) is 31.0. The van der Waals surface area contributed by atoms with Gasteiger partial charge >= 0.3 is 0 Å². The molecule has 124 heavy (non-hydrogen) atoms. The molecule has 0 bridgehead atoms. The summed E-state index contributed by atoms with van der Waals surface area (Å²) in [5.41, 5.74) is 22.8. The minimum atomic E-state index is -0.489. The maximum absolute atomic E-state index is 14.5. The molecule has 31 heteroatoms. The second-order valence-electron chi connectivity index (χ2n) is 31.0. The molecule has 0 fully saturated rings. The van der Waals surface area contributed by atoms with Gasteiger partial charge in [0.1, 0.15) is 68.9 Å². The number of amides is 1. The number of fused-ring (bicyclic) bond motifs is 8. The van der Waals surface area contributed by atoms with E-state index in [2.05, 4.69) is 77.3 Å². The van der Waals surface area contributed by atoms with Crippen LogP contribution >= 0.6 is 0 Å². The van der Waals surface area contributed by atoms with E-state index in [1.165, 1.54) is 24.3 Å². The Morgan fingerprint density at radius 2 is 0.831 bits per heavy atom. The lowest BCUT2D eigenvalue weighted by Crippen LogP contribution is -2.21. The van der Waals surface area contributed by atoms with Crippen LogP contribution in [0.25, 0.3) is 67.1 Å². The normalized spacial score (nSPS) is 12.9. The van der Waals surface area contributed by atoms with Crippen LogP contribution in [0.15, 0.2) is 171 Å². The molecule has 16 aromatic rings. The van der Waals surface area contributed by atoms with Gasteiger partial charge in [-0.15, -0.1) is 0 Å². The van der Waals surface area contributed by atoms with Gasteiger partial charge < -0.3 is 50.2 Å². The van der Waals surface area contributed by atoms with Gasteiger partial charge in [-0.05, 0) is 156 Å². The fourth-order valence-electron chi connectivity index (χ4n) is 16.0. The Labute approximate surface area is 710 Å². The molecule has 1 amide bonds. The van der Waals surface area contributed by atoms with Crippen LogP contribution in [-0.4, -0.2) is 135 Å². The number of aryl methyl sites for hydroxylation is 6. The lowest BCUT2D eigenvalue weighted by molar-refractivity contribution is 0.0827. The highest BCUT2D eigenvalue weighted by Gasteiger charge is 2.27. The van der Waals surface area contributed by atoms with E-state index in [0.717, 1.165) is 153 Å². The number of pyridine rings is 1. The molecule has 27 nitrogen and oxygen atoms in total. The summed E-state index contributed by atoms with van der Waals surface area (Å²) >= 11 is 0. The van der Waals surface area contributed by atoms with Crippen molar-refractivity contribution >= 4 is 52.3 Å². The molecular formula is C93H87F4N21O6. The van der Waals surface area contributed by atoms with Crippen molar-refractivity contribution in [3.05, 3.63) is 284 Å². The van der Waals surface area contributed by atoms with E-state index in [1.807, 2.05) is 127 Å². The number of benzene rings is 6. The number of carbonyl (C=O) groups is 1. The van der Waals surface area contributed by atoms with Crippen molar-refractivity contribution in [2.75, 3.05) is 61.8 Å². The van der Waals surface area contributed by atoms with Crippen LogP contribution in [0.5, 0.6) is 23.0 Å². The summed E-state index contributed by atoms with van der Waals surface area (Å²) in [7, 11) is 3.46. The number of nitrogens with one attached hydrogen (secondary N) is 4. The van der Waals surface area contributed by atoms with Gasteiger partial charge in [0.2, 0.25) is 23.8 Å². The van der Waals surface area contributed by atoms with Crippen LogP contribution in [0, 0.1) is 76.1 Å². The number of imidazole rings is 4. The number of aromatic nitrogens is 15. The number of aliphatic hydroxyl groups excluding tert-OH is 1. The molecule has 628 valence electrons. The first-order valence-corrected chi connectivity index (χ1v) is 40.6. The molecule has 5 N–H and O–H groups in total. The van der Waals surface area contributed by atoms with Gasteiger partial charge in [-0.1, -0.05) is 18.2 Å². The summed E-state index contributed by atoms with van der Waals surface area (Å²) in [4.78, 5) is 55.1. The number of nitriles is 1. The van der Waals surface area contributed by atoms with E-state index in [1.54, 1.807) is 110 Å². The van der Waals surface area contributed by atoms with Crippen LogP contribution in [0.3, 0.4) is 0 Å². The number of carbonyl (C=O) groups excluding carboxylic acids is 1. The quantitative estimate of drug-likeness (QED) is 0.0470. The summed E-state index contributed by atoms with van der Waals surface area (Å²) in [6, 6.07) is 31.7. The number of hydrogen-bond acceptors (Lipinski definition) is 21. The number of ether oxygens (including phenoxy) is 4. The third-order valence-electron chi connectivity index (χ3n) is 22.0. The Hall–Kier alpha value is -14.8. The Balaban J connectivity index is 0.000000117. The summed E-state index contributed by atoms with van der Waals surface area (Å²) in [6.07, 6.45) is 22.4. The van der Waals surface area contributed by atoms with Gasteiger partial charge in [0.05, 0.1) is 79.7 Å². The van der Waals surface area contributed by atoms with E-state index in [9.17, 15) is 32.7 Å². The van der Waals surface area contributed by atoms with Gasteiger partial charge in [0.15, 0.2) is 0 Å². The third-order valence-corrected chi connectivity index (χ3v) is 22.0. The number of anilines is 4. The largest absolute Gasteiger partial charge is 0.493 e. The summed E-state index contributed by atoms with van der Waals surface area (Å²) in [5.74, 6) is 4.30. The molecule has 6 aromatic carbocycles. The van der Waals surface area contributed by atoms with Crippen molar-refractivity contribution in [3.8, 4) is 73.6 Å². The number of aliphatic hydroxyl groups is 1. The molecule has 1 unspecified atom stereocenters. The lowest BCUT2D eigenvalue weighted by atomic mass is 10.00. The predicted octanol–water partition coefficient (Wildman–Crippen LogP) is 15.7. The minimum Gasteiger partial charge on any atom is -0.493 e. The number of rotatable bonds is 19. The Bertz CT molecular complexity index is 6850.